The van der Waals surface area contributed by atoms with Gasteiger partial charge < -0.3 is 0 Å². The van der Waals surface area contributed by atoms with Gasteiger partial charge in [-0.25, -0.2) is 0 Å². The van der Waals surface area contributed by atoms with Gasteiger partial charge in [-0.05, 0) is 82.0 Å². The molecule has 0 amide bonds. The lowest BCUT2D eigenvalue weighted by atomic mass is 9.73. The van der Waals surface area contributed by atoms with Gasteiger partial charge >= 0.3 is 0 Å². The molecule has 196 valence electrons. The van der Waals surface area contributed by atoms with Crippen molar-refractivity contribution < 1.29 is 0 Å². The minimum atomic E-state index is 0.394. The molecule has 0 heteroatoms. The molecule has 0 rings (SSSR count). The summed E-state index contributed by atoms with van der Waals surface area (Å²) in [7, 11) is 0. The molecule has 2 atom stereocenters. The summed E-state index contributed by atoms with van der Waals surface area (Å²) < 4.78 is 0. The van der Waals surface area contributed by atoms with E-state index in [0.29, 0.717) is 11.3 Å². The fourth-order valence-electron chi connectivity index (χ4n) is 4.91. The van der Waals surface area contributed by atoms with Crippen LogP contribution in [0.5, 0.6) is 0 Å². The Labute approximate surface area is 215 Å². The van der Waals surface area contributed by atoms with Crippen molar-refractivity contribution in [1.29, 1.82) is 0 Å². The predicted octanol–water partition coefficient (Wildman–Crippen LogP) is 12.1. The third-order valence-electron chi connectivity index (χ3n) is 7.19. The molecule has 0 aliphatic heterocycles. The van der Waals surface area contributed by atoms with Gasteiger partial charge in [-0.3, -0.25) is 0 Å². The van der Waals surface area contributed by atoms with Crippen LogP contribution in [0.15, 0.2) is 62.3 Å². The van der Waals surface area contributed by atoms with Crippen LogP contribution in [-0.2, 0) is 0 Å². The standard InChI is InChI=1S/C34H60/c1-6-10-14-17-19-20-22-26-31-34(29-24-16-12-8-3,30-25-21-18-15-11-7-2)32-28-33(5)27-23-13-9-4/h6-8,13,23,28,32-33H,1-3,9-12,14-22,24-27,29-31H2,4-5H3. The van der Waals surface area contributed by atoms with Crippen molar-refractivity contribution in [2.45, 2.75) is 142 Å². The Morgan fingerprint density at radius 2 is 1.00 bits per heavy atom. The smallest absolute Gasteiger partial charge is 0.0118 e. The van der Waals surface area contributed by atoms with E-state index in [-0.39, 0.29) is 0 Å². The number of allylic oxidation sites excluding steroid dienone is 7. The predicted molar refractivity (Wildman–Crippen MR) is 158 cm³/mol. The lowest BCUT2D eigenvalue weighted by Gasteiger charge is -2.32. The highest BCUT2D eigenvalue weighted by Crippen LogP contribution is 2.39. The second-order valence-corrected chi connectivity index (χ2v) is 10.5. The van der Waals surface area contributed by atoms with E-state index in [0.717, 1.165) is 12.8 Å². The number of hydrogen-bond acceptors (Lipinski definition) is 0. The van der Waals surface area contributed by atoms with Crippen LogP contribution in [0.25, 0.3) is 0 Å². The fraction of sp³-hybridized carbons (Fsp3) is 0.706. The topological polar surface area (TPSA) is 0 Å². The van der Waals surface area contributed by atoms with Crippen molar-refractivity contribution in [2.24, 2.45) is 11.3 Å². The summed E-state index contributed by atoms with van der Waals surface area (Å²) in [5.41, 5.74) is 0.394. The molecule has 0 nitrogen and oxygen atoms in total. The summed E-state index contributed by atoms with van der Waals surface area (Å²) in [6.07, 6.45) is 42.3. The van der Waals surface area contributed by atoms with Crippen LogP contribution in [0.4, 0.5) is 0 Å². The lowest BCUT2D eigenvalue weighted by Crippen LogP contribution is -2.19. The quantitative estimate of drug-likeness (QED) is 0.0874. The highest BCUT2D eigenvalue weighted by atomic mass is 14.3. The molecule has 0 heterocycles. The number of hydrogen-bond donors (Lipinski definition) is 0. The van der Waals surface area contributed by atoms with Crippen molar-refractivity contribution in [3.63, 3.8) is 0 Å². The lowest BCUT2D eigenvalue weighted by molar-refractivity contribution is 0.264. The molecule has 0 saturated heterocycles. The summed E-state index contributed by atoms with van der Waals surface area (Å²) in [4.78, 5) is 0. The van der Waals surface area contributed by atoms with E-state index in [2.05, 4.69) is 76.1 Å². The molecule has 0 fully saturated rings. The third kappa shape index (κ3) is 20.1. The van der Waals surface area contributed by atoms with E-state index in [1.807, 2.05) is 0 Å². The minimum Gasteiger partial charge on any atom is -0.103 e. The molecule has 0 bridgehead atoms. The van der Waals surface area contributed by atoms with Crippen LogP contribution in [0.2, 0.25) is 0 Å². The zero-order valence-electron chi connectivity index (χ0n) is 23.4. The van der Waals surface area contributed by atoms with Crippen molar-refractivity contribution >= 4 is 0 Å². The first-order chi connectivity index (χ1) is 16.6. The van der Waals surface area contributed by atoms with Crippen LogP contribution in [0, 0.1) is 11.3 Å². The Morgan fingerprint density at radius 1 is 0.588 bits per heavy atom. The van der Waals surface area contributed by atoms with Crippen molar-refractivity contribution in [1.82, 2.24) is 0 Å². The van der Waals surface area contributed by atoms with E-state index in [1.54, 1.807) is 0 Å². The van der Waals surface area contributed by atoms with E-state index < -0.39 is 0 Å². The van der Waals surface area contributed by atoms with Gasteiger partial charge in [-0.2, -0.15) is 0 Å². The first-order valence-corrected chi connectivity index (χ1v) is 14.8. The van der Waals surface area contributed by atoms with Crippen LogP contribution >= 0.6 is 0 Å². The molecule has 34 heavy (non-hydrogen) atoms. The molecule has 0 aromatic rings. The van der Waals surface area contributed by atoms with Crippen LogP contribution < -0.4 is 0 Å². The SMILES string of the molecule is C=CCCCCCCCCC(C=CC(C)CC=CCC)(CCCCC=C)CCCCCCC=C. The van der Waals surface area contributed by atoms with E-state index >= 15 is 0 Å². The molecule has 0 aliphatic carbocycles. The van der Waals surface area contributed by atoms with Crippen molar-refractivity contribution in [3.05, 3.63) is 62.3 Å². The summed E-state index contributed by atoms with van der Waals surface area (Å²) in [6, 6.07) is 0. The maximum atomic E-state index is 3.94. The van der Waals surface area contributed by atoms with E-state index in [1.165, 1.54) is 116 Å². The second kappa shape index (κ2) is 24.8. The molecule has 0 N–H and O–H groups in total. The monoisotopic (exact) mass is 468 g/mol. The first-order valence-electron chi connectivity index (χ1n) is 14.8. The zero-order chi connectivity index (χ0) is 25.2. The normalized spacial score (nSPS) is 14.4. The zero-order valence-corrected chi connectivity index (χ0v) is 23.4. The number of rotatable bonds is 26. The van der Waals surface area contributed by atoms with Crippen molar-refractivity contribution in [2.75, 3.05) is 0 Å². The Hall–Kier alpha value is -1.30. The molecular weight excluding hydrogens is 408 g/mol. The molecule has 0 saturated carbocycles. The summed E-state index contributed by atoms with van der Waals surface area (Å²) >= 11 is 0. The van der Waals surface area contributed by atoms with Gasteiger partial charge in [0.1, 0.15) is 0 Å². The van der Waals surface area contributed by atoms with Gasteiger partial charge in [-0.15, -0.1) is 19.7 Å². The Kier molecular flexibility index (Phi) is 23.9. The molecule has 0 radical (unpaired) electrons. The highest BCUT2D eigenvalue weighted by Gasteiger charge is 2.26. The Balaban J connectivity index is 5.05. The second-order valence-electron chi connectivity index (χ2n) is 10.5. The van der Waals surface area contributed by atoms with Crippen LogP contribution in [-0.4, -0.2) is 0 Å². The third-order valence-corrected chi connectivity index (χ3v) is 7.19. The molecule has 0 aromatic carbocycles. The van der Waals surface area contributed by atoms with E-state index in [9.17, 15) is 0 Å². The molecule has 0 aromatic heterocycles. The van der Waals surface area contributed by atoms with Gasteiger partial charge in [0.15, 0.2) is 0 Å². The molecular formula is C34H60. The Bertz CT molecular complexity index is 522. The summed E-state index contributed by atoms with van der Waals surface area (Å²) in [5, 5.41) is 0. The van der Waals surface area contributed by atoms with Gasteiger partial charge in [-0.1, -0.05) is 114 Å². The molecule has 0 spiro atoms. The maximum absolute atomic E-state index is 3.94. The van der Waals surface area contributed by atoms with Gasteiger partial charge in [0.05, 0.1) is 0 Å². The van der Waals surface area contributed by atoms with Crippen molar-refractivity contribution in [3.8, 4) is 0 Å². The minimum absolute atomic E-state index is 0.394. The highest BCUT2D eigenvalue weighted by molar-refractivity contribution is 5.03. The summed E-state index contributed by atoms with van der Waals surface area (Å²) in [5.74, 6) is 0.632. The fourth-order valence-corrected chi connectivity index (χ4v) is 4.91. The maximum Gasteiger partial charge on any atom is -0.0118 e. The van der Waals surface area contributed by atoms with E-state index in [4.69, 9.17) is 0 Å². The average molecular weight is 469 g/mol. The average Bonchev–Trinajstić information content (AvgIpc) is 2.84. The van der Waals surface area contributed by atoms with Gasteiger partial charge in [0, 0.05) is 0 Å². The van der Waals surface area contributed by atoms with Gasteiger partial charge in [0.25, 0.3) is 0 Å². The molecule has 0 aliphatic rings. The molecule has 2 unspecified atom stereocenters. The largest absolute Gasteiger partial charge is 0.103 e. The van der Waals surface area contributed by atoms with Gasteiger partial charge in [0.2, 0.25) is 0 Å². The summed E-state index contributed by atoms with van der Waals surface area (Å²) in [6.45, 7) is 16.3. The van der Waals surface area contributed by atoms with Crippen LogP contribution in [0.3, 0.4) is 0 Å². The Morgan fingerprint density at radius 3 is 1.47 bits per heavy atom. The van der Waals surface area contributed by atoms with Crippen LogP contribution in [0.1, 0.15) is 142 Å². The first kappa shape index (κ1) is 32.7. The number of unbranched alkanes of at least 4 members (excludes halogenated alkanes) is 12.